The number of hydrogen-bond acceptors (Lipinski definition) is 5. The summed E-state index contributed by atoms with van der Waals surface area (Å²) < 4.78 is 6.14. The molecule has 2 heterocycles. The molecule has 1 aliphatic heterocycles. The molecule has 0 aromatic carbocycles. The number of aromatic nitrogens is 1. The third kappa shape index (κ3) is 3.36. The van der Waals surface area contributed by atoms with Gasteiger partial charge in [-0.2, -0.15) is 0 Å². The van der Waals surface area contributed by atoms with Gasteiger partial charge in [0.1, 0.15) is 0 Å². The average molecular weight is 453 g/mol. The molecule has 0 spiro atoms. The van der Waals surface area contributed by atoms with Crippen LogP contribution in [0.15, 0.2) is 4.47 Å². The predicted octanol–water partition coefficient (Wildman–Crippen LogP) is 4.71. The molecule has 2 bridgehead atoms. The van der Waals surface area contributed by atoms with E-state index in [1.165, 1.54) is 12.8 Å². The molecule has 1 saturated heterocycles. The smallest absolute Gasteiger partial charge is 0.340 e. The lowest BCUT2D eigenvalue weighted by molar-refractivity contribution is -0.157. The summed E-state index contributed by atoms with van der Waals surface area (Å²) in [4.78, 5) is 19.4. The Morgan fingerprint density at radius 1 is 1.29 bits per heavy atom. The Morgan fingerprint density at radius 3 is 2.50 bits per heavy atom. The fourth-order valence-electron chi connectivity index (χ4n) is 5.07. The van der Waals surface area contributed by atoms with Crippen LogP contribution in [-0.4, -0.2) is 35.3 Å². The highest BCUT2D eigenvalue weighted by Gasteiger charge is 2.56. The van der Waals surface area contributed by atoms with Crippen molar-refractivity contribution in [1.82, 2.24) is 4.98 Å². The highest BCUT2D eigenvalue weighted by molar-refractivity contribution is 9.10. The fourth-order valence-corrected chi connectivity index (χ4v) is 5.62. The van der Waals surface area contributed by atoms with E-state index in [1.54, 1.807) is 13.8 Å². The molecule has 28 heavy (non-hydrogen) atoms. The van der Waals surface area contributed by atoms with Crippen LogP contribution in [-0.2, 0) is 9.53 Å². The maximum Gasteiger partial charge on any atom is 0.340 e. The highest BCUT2D eigenvalue weighted by atomic mass is 79.9. The van der Waals surface area contributed by atoms with Gasteiger partial charge in [0.25, 0.3) is 0 Å². The Balaban J connectivity index is 2.07. The number of aliphatic hydroxyl groups excluding tert-OH is 1. The van der Waals surface area contributed by atoms with Crippen LogP contribution in [0.3, 0.4) is 0 Å². The second kappa shape index (κ2) is 7.28. The lowest BCUT2D eigenvalue weighted by Crippen LogP contribution is -2.52. The Kier molecular flexibility index (Phi) is 5.61. The van der Waals surface area contributed by atoms with E-state index >= 15 is 0 Å². The number of halogens is 1. The van der Waals surface area contributed by atoms with Gasteiger partial charge in [0.15, 0.2) is 6.10 Å². The van der Waals surface area contributed by atoms with Crippen LogP contribution < -0.4 is 4.90 Å². The number of anilines is 1. The third-order valence-electron chi connectivity index (χ3n) is 7.27. The molecule has 1 saturated carbocycles. The normalized spacial score (nSPS) is 27.2. The van der Waals surface area contributed by atoms with Crippen molar-refractivity contribution in [2.45, 2.75) is 73.5 Å². The molecule has 0 amide bonds. The molecular formula is C22H33BrN2O3. The third-order valence-corrected chi connectivity index (χ3v) is 8.22. The molecule has 0 radical (unpaired) electrons. The Bertz CT molecular complexity index is 792. The summed E-state index contributed by atoms with van der Waals surface area (Å²) in [6.07, 6.45) is 0.795. The van der Waals surface area contributed by atoms with Crippen molar-refractivity contribution < 1.29 is 14.6 Å². The number of rotatable bonds is 4. The van der Waals surface area contributed by atoms with Crippen molar-refractivity contribution in [2.75, 3.05) is 18.0 Å². The SMILES string of the molecule is Cc1nc(C)c([C@H](O)C(=O)OC(C)C)c(N2C[C@H]3CC[C@](C)(C2)C3(C)C)c1Br. The molecule has 2 fully saturated rings. The summed E-state index contributed by atoms with van der Waals surface area (Å²) in [6, 6.07) is 0. The first-order valence-corrected chi connectivity index (χ1v) is 11.0. The van der Waals surface area contributed by atoms with Crippen molar-refractivity contribution >= 4 is 27.6 Å². The minimum absolute atomic E-state index is 0.196. The van der Waals surface area contributed by atoms with Crippen LogP contribution in [0.4, 0.5) is 5.69 Å². The van der Waals surface area contributed by atoms with E-state index in [0.717, 1.165) is 28.9 Å². The molecule has 6 heteroatoms. The summed E-state index contributed by atoms with van der Waals surface area (Å²) in [5.41, 5.74) is 3.47. The van der Waals surface area contributed by atoms with E-state index in [9.17, 15) is 9.90 Å². The second-order valence-corrected chi connectivity index (χ2v) is 10.4. The highest BCUT2D eigenvalue weighted by Crippen LogP contribution is 2.60. The lowest BCUT2D eigenvalue weighted by atomic mass is 9.63. The Hall–Kier alpha value is -1.14. The topological polar surface area (TPSA) is 62.7 Å². The number of ether oxygens (including phenoxy) is 1. The number of aliphatic hydroxyl groups is 1. The van der Waals surface area contributed by atoms with Gasteiger partial charge < -0.3 is 14.7 Å². The van der Waals surface area contributed by atoms with E-state index in [0.29, 0.717) is 17.2 Å². The first-order chi connectivity index (χ1) is 12.9. The molecule has 1 N–H and O–H groups in total. The summed E-state index contributed by atoms with van der Waals surface area (Å²) >= 11 is 3.71. The van der Waals surface area contributed by atoms with E-state index in [2.05, 4.69) is 46.6 Å². The van der Waals surface area contributed by atoms with Crippen molar-refractivity contribution in [3.05, 3.63) is 21.4 Å². The number of pyridine rings is 1. The zero-order valence-electron chi connectivity index (χ0n) is 18.1. The molecular weight excluding hydrogens is 420 g/mol. The van der Waals surface area contributed by atoms with Crippen LogP contribution in [0.25, 0.3) is 0 Å². The minimum Gasteiger partial charge on any atom is -0.461 e. The van der Waals surface area contributed by atoms with Gasteiger partial charge in [-0.05, 0) is 73.2 Å². The quantitative estimate of drug-likeness (QED) is 0.670. The van der Waals surface area contributed by atoms with Crippen LogP contribution in [0.2, 0.25) is 0 Å². The monoisotopic (exact) mass is 452 g/mol. The maximum atomic E-state index is 12.5. The molecule has 0 unspecified atom stereocenters. The Morgan fingerprint density at radius 2 is 1.93 bits per heavy atom. The van der Waals surface area contributed by atoms with E-state index in [-0.39, 0.29) is 16.9 Å². The van der Waals surface area contributed by atoms with Crippen LogP contribution in [0.5, 0.6) is 0 Å². The van der Waals surface area contributed by atoms with Crippen LogP contribution in [0, 0.1) is 30.6 Å². The largest absolute Gasteiger partial charge is 0.461 e. The molecule has 156 valence electrons. The number of nitrogens with zero attached hydrogens (tertiary/aromatic N) is 2. The number of esters is 1. The van der Waals surface area contributed by atoms with E-state index < -0.39 is 12.1 Å². The number of fused-ring (bicyclic) bond motifs is 2. The van der Waals surface area contributed by atoms with Crippen LogP contribution >= 0.6 is 15.9 Å². The summed E-state index contributed by atoms with van der Waals surface area (Å²) in [5.74, 6) is -0.0389. The first kappa shape index (κ1) is 21.6. The zero-order valence-corrected chi connectivity index (χ0v) is 19.7. The standard InChI is InChI=1S/C22H33BrN2O3/c1-12(2)28-20(27)19(26)16-13(3)24-14(4)17(23)18(16)25-10-15-8-9-22(7,11-25)21(15,5)6/h12,15,19,26H,8-11H2,1-7H3/t15-,19+,22-/m1/s1. The van der Waals surface area contributed by atoms with Gasteiger partial charge >= 0.3 is 5.97 Å². The number of piperidine rings is 1. The number of carbonyl (C=O) groups excluding carboxylic acids is 1. The van der Waals surface area contributed by atoms with Gasteiger partial charge in [-0.1, -0.05) is 20.8 Å². The van der Waals surface area contributed by atoms with Gasteiger partial charge in [-0.15, -0.1) is 0 Å². The molecule has 2 aliphatic rings. The van der Waals surface area contributed by atoms with Crippen molar-refractivity contribution in [2.24, 2.45) is 16.7 Å². The zero-order chi connectivity index (χ0) is 21.0. The summed E-state index contributed by atoms with van der Waals surface area (Å²) in [6.45, 7) is 16.3. The molecule has 3 rings (SSSR count). The van der Waals surface area contributed by atoms with Crippen molar-refractivity contribution in [1.29, 1.82) is 0 Å². The molecule has 1 aromatic rings. The van der Waals surface area contributed by atoms with Gasteiger partial charge in [-0.25, -0.2) is 4.79 Å². The van der Waals surface area contributed by atoms with Crippen molar-refractivity contribution in [3.63, 3.8) is 0 Å². The minimum atomic E-state index is -1.35. The van der Waals surface area contributed by atoms with Crippen LogP contribution in [0.1, 0.15) is 70.5 Å². The molecule has 1 aliphatic carbocycles. The van der Waals surface area contributed by atoms with Gasteiger partial charge in [0, 0.05) is 24.3 Å². The lowest BCUT2D eigenvalue weighted by Gasteiger charge is -2.51. The number of hydrogen-bond donors (Lipinski definition) is 1. The summed E-state index contributed by atoms with van der Waals surface area (Å²) in [5, 5.41) is 10.9. The Labute approximate surface area is 177 Å². The van der Waals surface area contributed by atoms with E-state index in [4.69, 9.17) is 4.74 Å². The number of carbonyl (C=O) groups is 1. The van der Waals surface area contributed by atoms with Crippen molar-refractivity contribution in [3.8, 4) is 0 Å². The van der Waals surface area contributed by atoms with Gasteiger partial charge in [-0.3, -0.25) is 4.98 Å². The fraction of sp³-hybridized carbons (Fsp3) is 0.727. The maximum absolute atomic E-state index is 12.5. The van der Waals surface area contributed by atoms with Gasteiger partial charge in [0.2, 0.25) is 0 Å². The first-order valence-electron chi connectivity index (χ1n) is 10.2. The molecule has 5 nitrogen and oxygen atoms in total. The average Bonchev–Trinajstić information content (AvgIpc) is 2.72. The van der Waals surface area contributed by atoms with Gasteiger partial charge in [0.05, 0.1) is 22.0 Å². The predicted molar refractivity (Wildman–Crippen MR) is 114 cm³/mol. The molecule has 1 aromatic heterocycles. The van der Waals surface area contributed by atoms with E-state index in [1.807, 2.05) is 13.8 Å². The second-order valence-electron chi connectivity index (χ2n) is 9.65. The number of aryl methyl sites for hydroxylation is 2. The molecule has 3 atom stereocenters. The summed E-state index contributed by atoms with van der Waals surface area (Å²) in [7, 11) is 0.